The number of aromatic nitrogens is 1. The first-order chi connectivity index (χ1) is 9.29. The van der Waals surface area contributed by atoms with Crippen molar-refractivity contribution in [1.29, 1.82) is 0 Å². The monoisotopic (exact) mass is 259 g/mol. The number of para-hydroxylation sites is 1. The van der Waals surface area contributed by atoms with Crippen LogP contribution >= 0.6 is 0 Å². The van der Waals surface area contributed by atoms with Gasteiger partial charge in [-0.2, -0.15) is 0 Å². The van der Waals surface area contributed by atoms with E-state index in [1.165, 1.54) is 11.6 Å². The highest BCUT2D eigenvalue weighted by Crippen LogP contribution is 2.38. The highest BCUT2D eigenvalue weighted by molar-refractivity contribution is 5.83. The standard InChI is InChI=1S/C16H18FNO/c17-15-3-1-2-14-13(8-9-18-16(14)15)12-6-4-11(10-19)5-7-12/h1-3,8-9,11-12,19H,4-7,10H2. The van der Waals surface area contributed by atoms with E-state index >= 15 is 0 Å². The second-order valence-corrected chi connectivity index (χ2v) is 5.44. The van der Waals surface area contributed by atoms with Crippen molar-refractivity contribution in [2.45, 2.75) is 31.6 Å². The highest BCUT2D eigenvalue weighted by Gasteiger charge is 2.23. The molecule has 0 amide bonds. The first-order valence-corrected chi connectivity index (χ1v) is 6.93. The van der Waals surface area contributed by atoms with E-state index < -0.39 is 0 Å². The predicted molar refractivity (Wildman–Crippen MR) is 73.5 cm³/mol. The van der Waals surface area contributed by atoms with Gasteiger partial charge in [-0.3, -0.25) is 4.98 Å². The summed E-state index contributed by atoms with van der Waals surface area (Å²) in [5.74, 6) is 0.666. The zero-order valence-electron chi connectivity index (χ0n) is 10.8. The van der Waals surface area contributed by atoms with Crippen LogP contribution in [0.1, 0.15) is 37.2 Å². The molecule has 19 heavy (non-hydrogen) atoms. The van der Waals surface area contributed by atoms with Crippen LogP contribution in [-0.2, 0) is 0 Å². The van der Waals surface area contributed by atoms with Gasteiger partial charge in [-0.25, -0.2) is 4.39 Å². The Hall–Kier alpha value is -1.48. The van der Waals surface area contributed by atoms with Crippen LogP contribution in [0.25, 0.3) is 10.9 Å². The lowest BCUT2D eigenvalue weighted by Gasteiger charge is -2.28. The maximum atomic E-state index is 13.8. The van der Waals surface area contributed by atoms with E-state index in [0.717, 1.165) is 31.1 Å². The molecule has 1 aliphatic rings. The Bertz CT molecular complexity index is 576. The minimum atomic E-state index is -0.247. The third-order valence-electron chi connectivity index (χ3n) is 4.30. The van der Waals surface area contributed by atoms with Crippen LogP contribution in [0.4, 0.5) is 4.39 Å². The molecule has 1 N–H and O–H groups in total. The summed E-state index contributed by atoms with van der Waals surface area (Å²) >= 11 is 0. The number of aliphatic hydroxyl groups excluding tert-OH is 1. The fourth-order valence-electron chi connectivity index (χ4n) is 3.17. The van der Waals surface area contributed by atoms with Gasteiger partial charge in [0, 0.05) is 18.2 Å². The summed E-state index contributed by atoms with van der Waals surface area (Å²) in [4.78, 5) is 4.15. The fraction of sp³-hybridized carbons (Fsp3) is 0.438. The van der Waals surface area contributed by atoms with Crippen molar-refractivity contribution in [2.24, 2.45) is 5.92 Å². The summed E-state index contributed by atoms with van der Waals surface area (Å²) in [5.41, 5.74) is 1.69. The smallest absolute Gasteiger partial charge is 0.149 e. The van der Waals surface area contributed by atoms with E-state index in [-0.39, 0.29) is 5.82 Å². The topological polar surface area (TPSA) is 33.1 Å². The summed E-state index contributed by atoms with van der Waals surface area (Å²) in [6.07, 6.45) is 5.96. The zero-order valence-corrected chi connectivity index (χ0v) is 10.8. The second kappa shape index (κ2) is 5.25. The normalized spacial score (nSPS) is 23.7. The molecular weight excluding hydrogens is 241 g/mol. The van der Waals surface area contributed by atoms with Crippen molar-refractivity contribution < 1.29 is 9.50 Å². The maximum Gasteiger partial charge on any atom is 0.149 e. The molecule has 1 heterocycles. The van der Waals surface area contributed by atoms with Crippen LogP contribution in [0, 0.1) is 11.7 Å². The number of fused-ring (bicyclic) bond motifs is 1. The first-order valence-electron chi connectivity index (χ1n) is 6.93. The molecule has 1 saturated carbocycles. The molecule has 3 heteroatoms. The second-order valence-electron chi connectivity index (χ2n) is 5.44. The Morgan fingerprint density at radius 3 is 2.68 bits per heavy atom. The van der Waals surface area contributed by atoms with Gasteiger partial charge >= 0.3 is 0 Å². The first kappa shape index (κ1) is 12.5. The Morgan fingerprint density at radius 2 is 1.95 bits per heavy atom. The van der Waals surface area contributed by atoms with Crippen molar-refractivity contribution in [2.75, 3.05) is 6.61 Å². The molecule has 0 aliphatic heterocycles. The summed E-state index contributed by atoms with van der Waals surface area (Å²) in [7, 11) is 0. The fourth-order valence-corrected chi connectivity index (χ4v) is 3.17. The van der Waals surface area contributed by atoms with Crippen LogP contribution in [0.2, 0.25) is 0 Å². The molecule has 1 aromatic carbocycles. The van der Waals surface area contributed by atoms with Gasteiger partial charge < -0.3 is 5.11 Å². The lowest BCUT2D eigenvalue weighted by atomic mass is 9.78. The van der Waals surface area contributed by atoms with E-state index in [0.29, 0.717) is 24.0 Å². The molecule has 0 radical (unpaired) electrons. The molecule has 0 bridgehead atoms. The van der Waals surface area contributed by atoms with E-state index in [2.05, 4.69) is 4.98 Å². The largest absolute Gasteiger partial charge is 0.396 e. The molecule has 0 saturated heterocycles. The third-order valence-corrected chi connectivity index (χ3v) is 4.30. The average Bonchev–Trinajstić information content (AvgIpc) is 2.47. The number of hydrogen-bond donors (Lipinski definition) is 1. The van der Waals surface area contributed by atoms with Gasteiger partial charge in [0.2, 0.25) is 0 Å². The van der Waals surface area contributed by atoms with Gasteiger partial charge in [0.15, 0.2) is 0 Å². The van der Waals surface area contributed by atoms with Crippen molar-refractivity contribution in [3.63, 3.8) is 0 Å². The molecule has 0 unspecified atom stereocenters. The molecule has 1 aliphatic carbocycles. The van der Waals surface area contributed by atoms with Crippen molar-refractivity contribution in [3.8, 4) is 0 Å². The van der Waals surface area contributed by atoms with Gasteiger partial charge in [-0.15, -0.1) is 0 Å². The Balaban J connectivity index is 1.95. The SMILES string of the molecule is OCC1CCC(c2ccnc3c(F)cccc23)CC1. The summed E-state index contributed by atoms with van der Waals surface area (Å²) in [6.45, 7) is 0.290. The van der Waals surface area contributed by atoms with Gasteiger partial charge in [0.25, 0.3) is 0 Å². The predicted octanol–water partition coefficient (Wildman–Crippen LogP) is 3.64. The van der Waals surface area contributed by atoms with Gasteiger partial charge in [0.1, 0.15) is 11.3 Å². The van der Waals surface area contributed by atoms with Crippen LogP contribution < -0.4 is 0 Å². The van der Waals surface area contributed by atoms with Crippen molar-refractivity contribution in [1.82, 2.24) is 4.98 Å². The van der Waals surface area contributed by atoms with Gasteiger partial charge in [-0.1, -0.05) is 12.1 Å². The van der Waals surface area contributed by atoms with E-state index in [1.54, 1.807) is 12.3 Å². The minimum absolute atomic E-state index is 0.247. The molecule has 0 atom stereocenters. The number of nitrogens with zero attached hydrogens (tertiary/aromatic N) is 1. The van der Waals surface area contributed by atoms with Crippen LogP contribution in [-0.4, -0.2) is 16.7 Å². The van der Waals surface area contributed by atoms with Gasteiger partial charge in [-0.05, 0) is 55.2 Å². The number of pyridine rings is 1. The molecule has 1 aromatic heterocycles. The molecule has 2 aromatic rings. The molecule has 0 spiro atoms. The number of rotatable bonds is 2. The highest BCUT2D eigenvalue weighted by atomic mass is 19.1. The van der Waals surface area contributed by atoms with Crippen LogP contribution in [0.3, 0.4) is 0 Å². The average molecular weight is 259 g/mol. The molecule has 1 fully saturated rings. The number of benzene rings is 1. The molecule has 3 rings (SSSR count). The zero-order chi connectivity index (χ0) is 13.2. The number of halogens is 1. The number of aliphatic hydroxyl groups is 1. The Morgan fingerprint density at radius 1 is 1.16 bits per heavy atom. The molecule has 100 valence electrons. The lowest BCUT2D eigenvalue weighted by molar-refractivity contribution is 0.182. The molecule has 2 nitrogen and oxygen atoms in total. The molecular formula is C16H18FNO. The lowest BCUT2D eigenvalue weighted by Crippen LogP contribution is -2.16. The van der Waals surface area contributed by atoms with Crippen molar-refractivity contribution >= 4 is 10.9 Å². The van der Waals surface area contributed by atoms with Crippen molar-refractivity contribution in [3.05, 3.63) is 41.8 Å². The minimum Gasteiger partial charge on any atom is -0.396 e. The van der Waals surface area contributed by atoms with Gasteiger partial charge in [0.05, 0.1) is 0 Å². The Labute approximate surface area is 112 Å². The maximum absolute atomic E-state index is 13.8. The quantitative estimate of drug-likeness (QED) is 0.893. The van der Waals surface area contributed by atoms with Crippen LogP contribution in [0.5, 0.6) is 0 Å². The third kappa shape index (κ3) is 2.35. The Kier molecular flexibility index (Phi) is 3.47. The van der Waals surface area contributed by atoms with E-state index in [4.69, 9.17) is 0 Å². The van der Waals surface area contributed by atoms with E-state index in [1.807, 2.05) is 12.1 Å². The number of hydrogen-bond acceptors (Lipinski definition) is 2. The van der Waals surface area contributed by atoms with Crippen LogP contribution in [0.15, 0.2) is 30.5 Å². The van der Waals surface area contributed by atoms with E-state index in [9.17, 15) is 9.50 Å². The summed E-state index contributed by atoms with van der Waals surface area (Å²) in [6, 6.07) is 7.19. The summed E-state index contributed by atoms with van der Waals surface area (Å²) in [5, 5.41) is 10.1. The summed E-state index contributed by atoms with van der Waals surface area (Å²) < 4.78 is 13.8.